The van der Waals surface area contributed by atoms with Crippen LogP contribution in [0.3, 0.4) is 0 Å². The molecule has 0 spiro atoms. The highest BCUT2D eigenvalue weighted by Crippen LogP contribution is 2.53. The lowest BCUT2D eigenvalue weighted by molar-refractivity contribution is 0.283. The van der Waals surface area contributed by atoms with Crippen LogP contribution in [0.4, 0.5) is 0 Å². The molecule has 1 atom stereocenters. The number of rotatable bonds is 5. The van der Waals surface area contributed by atoms with Crippen molar-refractivity contribution in [2.24, 2.45) is 0 Å². The van der Waals surface area contributed by atoms with Crippen LogP contribution in [0.1, 0.15) is 5.56 Å². The van der Waals surface area contributed by atoms with Crippen LogP contribution in [0, 0.1) is 0 Å². The van der Waals surface area contributed by atoms with Crippen molar-refractivity contribution in [2.75, 3.05) is 5.79 Å². The monoisotopic (exact) mass is 313 g/mol. The van der Waals surface area contributed by atoms with Crippen LogP contribution in [-0.2, 0) is 6.61 Å². The summed E-state index contributed by atoms with van der Waals surface area (Å²) in [6, 6.07) is 18.5. The Bertz CT molecular complexity index is 597. The van der Waals surface area contributed by atoms with Gasteiger partial charge >= 0.3 is 0 Å². The van der Waals surface area contributed by atoms with Crippen molar-refractivity contribution in [3.8, 4) is 0 Å². The number of hydrogen-bond donors (Lipinski definition) is 1. The summed E-state index contributed by atoms with van der Waals surface area (Å²) in [7, 11) is 3.74. The topological polar surface area (TPSA) is 20.2 Å². The summed E-state index contributed by atoms with van der Waals surface area (Å²) in [5.41, 5.74) is 0.968. The van der Waals surface area contributed by atoms with Crippen molar-refractivity contribution >= 4 is 33.4 Å². The molecule has 0 heterocycles. The highest BCUT2D eigenvalue weighted by Gasteiger charge is 2.32. The number of aliphatic hydroxyl groups excluding tert-OH is 1. The quantitative estimate of drug-likeness (QED) is 0.664. The third kappa shape index (κ3) is 3.85. The first-order chi connectivity index (χ1) is 9.87. The van der Waals surface area contributed by atoms with Crippen molar-refractivity contribution in [3.05, 3.63) is 60.2 Å². The number of hydrogen-bond acceptors (Lipinski definition) is 1. The molecule has 4 heteroatoms. The minimum atomic E-state index is -1.95. The first kappa shape index (κ1) is 16.5. The summed E-state index contributed by atoms with van der Waals surface area (Å²) >= 11 is 0. The minimum Gasteiger partial charge on any atom is -0.392 e. The maximum atomic E-state index is 9.70. The van der Waals surface area contributed by atoms with E-state index in [2.05, 4.69) is 50.0 Å². The summed E-state index contributed by atoms with van der Waals surface area (Å²) < 4.78 is 0. The van der Waals surface area contributed by atoms with E-state index < -0.39 is 15.2 Å². The van der Waals surface area contributed by atoms with E-state index in [1.54, 1.807) is 0 Å². The van der Waals surface area contributed by atoms with Crippen molar-refractivity contribution in [3.63, 3.8) is 0 Å². The van der Waals surface area contributed by atoms with Gasteiger partial charge in [0.25, 0.3) is 0 Å². The highest BCUT2D eigenvalue weighted by atomic mass is 31.2. The first-order valence-corrected chi connectivity index (χ1v) is 13.0. The van der Waals surface area contributed by atoms with E-state index in [-0.39, 0.29) is 6.61 Å². The van der Waals surface area contributed by atoms with Gasteiger partial charge in [0.05, 0.1) is 20.0 Å². The molecule has 2 aromatic rings. The molecule has 2 aromatic carbocycles. The molecule has 3 radical (unpaired) electrons. The Hall–Kier alpha value is -0.888. The average Bonchev–Trinajstić information content (AvgIpc) is 2.46. The lowest BCUT2D eigenvalue weighted by Gasteiger charge is -2.41. The summed E-state index contributed by atoms with van der Waals surface area (Å²) in [5, 5.41) is 12.1. The number of aliphatic hydroxyl groups is 1. The fourth-order valence-corrected chi connectivity index (χ4v) is 12.2. The van der Waals surface area contributed by atoms with Gasteiger partial charge in [-0.25, -0.2) is 0 Å². The first-order valence-electron chi connectivity index (χ1n) is 7.28. The summed E-state index contributed by atoms with van der Waals surface area (Å²) in [4.78, 5) is 0. The molecule has 1 unspecified atom stereocenters. The zero-order chi connectivity index (χ0) is 15.5. The second-order valence-corrected chi connectivity index (χ2v) is 15.8. The molecule has 0 aliphatic rings. The van der Waals surface area contributed by atoms with Crippen LogP contribution in [-0.4, -0.2) is 26.5 Å². The van der Waals surface area contributed by atoms with Crippen LogP contribution < -0.4 is 10.6 Å². The average molecular weight is 313 g/mol. The summed E-state index contributed by atoms with van der Waals surface area (Å²) in [5.74, 6) is 1.06. The van der Waals surface area contributed by atoms with E-state index in [4.69, 9.17) is 7.57 Å². The fraction of sp³-hybridized carbons (Fsp3) is 0.294. The third-order valence-electron chi connectivity index (χ3n) is 3.53. The Kier molecular flexibility index (Phi) is 5.08. The van der Waals surface area contributed by atoms with E-state index in [9.17, 15) is 5.11 Å². The van der Waals surface area contributed by atoms with Gasteiger partial charge in [-0.1, -0.05) is 56.0 Å². The Morgan fingerprint density at radius 2 is 1.52 bits per heavy atom. The van der Waals surface area contributed by atoms with Crippen molar-refractivity contribution in [1.82, 2.24) is 0 Å². The zero-order valence-corrected chi connectivity index (χ0v) is 15.0. The molecule has 0 aliphatic carbocycles. The standard InChI is InChI=1S/C17H23BOPSi/c1-21(2,3)14-20(18,16-10-5-4-6-11-16)17-12-8-7-9-15(17)13-19/h4-12,19H,13-14H2,1-3H3. The molecule has 0 bridgehead atoms. The van der Waals surface area contributed by atoms with Crippen molar-refractivity contribution < 1.29 is 5.11 Å². The fourth-order valence-electron chi connectivity index (χ4n) is 2.79. The van der Waals surface area contributed by atoms with Crippen LogP contribution in [0.25, 0.3) is 0 Å². The second-order valence-electron chi connectivity index (χ2n) is 6.71. The molecule has 21 heavy (non-hydrogen) atoms. The van der Waals surface area contributed by atoms with Gasteiger partial charge in [0.2, 0.25) is 0 Å². The normalized spacial score (nSPS) is 14.7. The van der Waals surface area contributed by atoms with Gasteiger partial charge in [0.15, 0.2) is 0 Å². The largest absolute Gasteiger partial charge is 0.392 e. The molecule has 2 rings (SSSR count). The summed E-state index contributed by atoms with van der Waals surface area (Å²) in [6.07, 6.45) is 0. The van der Waals surface area contributed by atoms with Gasteiger partial charge in [0.1, 0.15) is 0 Å². The number of benzene rings is 2. The van der Waals surface area contributed by atoms with Crippen LogP contribution in [0.2, 0.25) is 19.6 Å². The molecule has 0 saturated heterocycles. The van der Waals surface area contributed by atoms with Crippen molar-refractivity contribution in [1.29, 1.82) is 0 Å². The SMILES string of the molecule is [B-][P+](C[Si](C)(C)C)(c1ccccc1)c1ccccc1CO. The Morgan fingerprint density at radius 1 is 0.952 bits per heavy atom. The molecule has 0 aliphatic heterocycles. The minimum absolute atomic E-state index is 0.0493. The van der Waals surface area contributed by atoms with Crippen molar-refractivity contribution in [2.45, 2.75) is 26.2 Å². The van der Waals surface area contributed by atoms with Gasteiger partial charge < -0.3 is 5.11 Å². The smallest absolute Gasteiger partial charge is 0.0841 e. The van der Waals surface area contributed by atoms with E-state index in [0.29, 0.717) is 0 Å². The maximum Gasteiger partial charge on any atom is 0.0841 e. The van der Waals surface area contributed by atoms with Gasteiger partial charge in [0, 0.05) is 16.7 Å². The Morgan fingerprint density at radius 3 is 2.10 bits per heavy atom. The van der Waals surface area contributed by atoms with E-state index >= 15 is 0 Å². The molecule has 1 N–H and O–H groups in total. The lowest BCUT2D eigenvalue weighted by atomic mass is 10.2. The lowest BCUT2D eigenvalue weighted by Crippen LogP contribution is -2.37. The molecule has 1 nitrogen and oxygen atoms in total. The molecule has 0 aromatic heterocycles. The van der Waals surface area contributed by atoms with Gasteiger partial charge in [-0.15, -0.1) is 0 Å². The molecule has 109 valence electrons. The van der Waals surface area contributed by atoms with Gasteiger partial charge in [-0.05, 0) is 18.2 Å². The predicted molar refractivity (Wildman–Crippen MR) is 99.0 cm³/mol. The molecular formula is C17H23BOPSi. The Balaban J connectivity index is 2.61. The van der Waals surface area contributed by atoms with Crippen LogP contribution in [0.15, 0.2) is 54.6 Å². The highest BCUT2D eigenvalue weighted by molar-refractivity contribution is 8.09. The van der Waals surface area contributed by atoms with Crippen LogP contribution in [0.5, 0.6) is 0 Å². The summed E-state index contributed by atoms with van der Waals surface area (Å²) in [6.45, 7) is 7.13. The maximum absolute atomic E-state index is 9.70. The Labute approximate surface area is 131 Å². The third-order valence-corrected chi connectivity index (χ3v) is 11.8. The van der Waals surface area contributed by atoms with Gasteiger partial charge in [-0.3, -0.25) is 7.57 Å². The molecule has 0 amide bonds. The zero-order valence-electron chi connectivity index (χ0n) is 13.1. The van der Waals surface area contributed by atoms with Crippen LogP contribution >= 0.6 is 7.14 Å². The van der Waals surface area contributed by atoms with E-state index in [0.717, 1.165) is 16.7 Å². The predicted octanol–water partition coefficient (Wildman–Crippen LogP) is 3.11. The second kappa shape index (κ2) is 6.48. The van der Waals surface area contributed by atoms with E-state index in [1.165, 1.54) is 5.30 Å². The molecule has 0 fully saturated rings. The van der Waals surface area contributed by atoms with Gasteiger partial charge in [-0.2, -0.15) is 7.14 Å². The van der Waals surface area contributed by atoms with E-state index in [1.807, 2.05) is 24.3 Å². The molecule has 0 saturated carbocycles. The molecular weight excluding hydrogens is 290 g/mol.